The minimum atomic E-state index is -0.748. The van der Waals surface area contributed by atoms with Gasteiger partial charge in [-0.3, -0.25) is 14.4 Å². The van der Waals surface area contributed by atoms with E-state index in [4.69, 9.17) is 4.84 Å². The van der Waals surface area contributed by atoms with E-state index >= 15 is 0 Å². The van der Waals surface area contributed by atoms with E-state index in [1.54, 1.807) is 17.0 Å². The Morgan fingerprint density at radius 3 is 2.25 bits per heavy atom. The molecule has 0 aliphatic carbocycles. The summed E-state index contributed by atoms with van der Waals surface area (Å²) in [6.45, 7) is 1.95. The fraction of sp³-hybridized carbons (Fsp3) is 0.238. The van der Waals surface area contributed by atoms with Crippen LogP contribution in [0.25, 0.3) is 0 Å². The maximum absolute atomic E-state index is 12.6. The Morgan fingerprint density at radius 2 is 1.61 bits per heavy atom. The van der Waals surface area contributed by atoms with E-state index in [0.29, 0.717) is 18.0 Å². The van der Waals surface area contributed by atoms with Gasteiger partial charge in [0.1, 0.15) is 0 Å². The highest BCUT2D eigenvalue weighted by Crippen LogP contribution is 2.33. The lowest BCUT2D eigenvalue weighted by atomic mass is 9.90. The molecule has 0 saturated carbocycles. The van der Waals surface area contributed by atoms with Crippen molar-refractivity contribution in [2.24, 2.45) is 0 Å². The molecule has 3 amide bonds. The van der Waals surface area contributed by atoms with Crippen LogP contribution in [0.2, 0.25) is 0 Å². The first kappa shape index (κ1) is 17.9. The predicted octanol–water partition coefficient (Wildman–Crippen LogP) is 2.28. The first-order valence-electron chi connectivity index (χ1n) is 9.01. The van der Waals surface area contributed by atoms with Crippen LogP contribution in [0.1, 0.15) is 51.2 Å². The Hall–Kier alpha value is -3.48. The van der Waals surface area contributed by atoms with Gasteiger partial charge in [-0.25, -0.2) is 4.79 Å². The molecule has 2 aromatic rings. The highest BCUT2D eigenvalue weighted by molar-refractivity contribution is 6.20. The number of hydroxylamine groups is 2. The molecule has 28 heavy (non-hydrogen) atoms. The van der Waals surface area contributed by atoms with Crippen LogP contribution in [0.5, 0.6) is 0 Å². The molecule has 0 fully saturated rings. The zero-order chi connectivity index (χ0) is 19.8. The SMILES string of the molecule is CC(=O)N1CCc2ccccc2C1CC(=O)ON1C(=O)c2ccccc2C1=O. The molecule has 7 nitrogen and oxygen atoms in total. The number of benzene rings is 2. The van der Waals surface area contributed by atoms with Gasteiger partial charge in [0.15, 0.2) is 0 Å². The average molecular weight is 378 g/mol. The van der Waals surface area contributed by atoms with Crippen LogP contribution in [0.4, 0.5) is 0 Å². The molecule has 0 N–H and O–H groups in total. The van der Waals surface area contributed by atoms with Crippen molar-refractivity contribution >= 4 is 23.7 Å². The third-order valence-corrected chi connectivity index (χ3v) is 5.13. The molecule has 2 heterocycles. The minimum absolute atomic E-state index is 0.145. The van der Waals surface area contributed by atoms with Crippen LogP contribution in [0.15, 0.2) is 48.5 Å². The van der Waals surface area contributed by atoms with E-state index in [9.17, 15) is 19.2 Å². The molecular weight excluding hydrogens is 360 g/mol. The van der Waals surface area contributed by atoms with Gasteiger partial charge in [-0.05, 0) is 29.7 Å². The summed E-state index contributed by atoms with van der Waals surface area (Å²) in [5.41, 5.74) is 2.35. The molecule has 0 radical (unpaired) electrons. The number of hydrogen-bond acceptors (Lipinski definition) is 5. The fourth-order valence-electron chi connectivity index (χ4n) is 3.80. The van der Waals surface area contributed by atoms with Gasteiger partial charge in [-0.2, -0.15) is 0 Å². The predicted molar refractivity (Wildman–Crippen MR) is 97.9 cm³/mol. The van der Waals surface area contributed by atoms with Crippen molar-refractivity contribution in [3.8, 4) is 0 Å². The molecule has 1 atom stereocenters. The lowest BCUT2D eigenvalue weighted by Gasteiger charge is -2.36. The number of rotatable bonds is 3. The number of hydrogen-bond donors (Lipinski definition) is 0. The standard InChI is InChI=1S/C21H18N2O5/c1-13(24)22-11-10-14-6-2-3-7-15(14)18(22)12-19(25)28-23-20(26)16-8-4-5-9-17(16)21(23)27/h2-9,18H,10-12H2,1H3. The molecule has 0 bridgehead atoms. The van der Waals surface area contributed by atoms with Gasteiger partial charge in [0.2, 0.25) is 5.91 Å². The van der Waals surface area contributed by atoms with Gasteiger partial charge in [-0.1, -0.05) is 41.5 Å². The largest absolute Gasteiger partial charge is 0.335 e. The highest BCUT2D eigenvalue weighted by Gasteiger charge is 2.39. The Labute approximate surface area is 161 Å². The zero-order valence-corrected chi connectivity index (χ0v) is 15.3. The second-order valence-corrected chi connectivity index (χ2v) is 6.79. The summed E-state index contributed by atoms with van der Waals surface area (Å²) in [5.74, 6) is -2.22. The molecule has 4 rings (SSSR count). The maximum atomic E-state index is 12.6. The van der Waals surface area contributed by atoms with Crippen molar-refractivity contribution < 1.29 is 24.0 Å². The average Bonchev–Trinajstić information content (AvgIpc) is 2.93. The van der Waals surface area contributed by atoms with Gasteiger partial charge in [0.25, 0.3) is 11.8 Å². The number of fused-ring (bicyclic) bond motifs is 2. The summed E-state index contributed by atoms with van der Waals surface area (Å²) in [5, 5.41) is 0.500. The zero-order valence-electron chi connectivity index (χ0n) is 15.3. The number of imide groups is 1. The first-order valence-corrected chi connectivity index (χ1v) is 9.01. The third kappa shape index (κ3) is 2.94. The molecule has 0 saturated heterocycles. The lowest BCUT2D eigenvalue weighted by Crippen LogP contribution is -2.41. The van der Waals surface area contributed by atoms with Gasteiger partial charge in [0.05, 0.1) is 23.6 Å². The van der Waals surface area contributed by atoms with Crippen molar-refractivity contribution in [3.05, 3.63) is 70.8 Å². The Morgan fingerprint density at radius 1 is 1.00 bits per heavy atom. The highest BCUT2D eigenvalue weighted by atomic mass is 16.7. The summed E-state index contributed by atoms with van der Waals surface area (Å²) in [4.78, 5) is 56.1. The summed E-state index contributed by atoms with van der Waals surface area (Å²) < 4.78 is 0. The minimum Gasteiger partial charge on any atom is -0.335 e. The monoisotopic (exact) mass is 378 g/mol. The first-order chi connectivity index (χ1) is 13.5. The molecule has 2 aliphatic heterocycles. The number of nitrogens with zero attached hydrogens (tertiary/aromatic N) is 2. The topological polar surface area (TPSA) is 84.0 Å². The van der Waals surface area contributed by atoms with E-state index in [1.807, 2.05) is 24.3 Å². The smallest absolute Gasteiger partial charge is 0.335 e. The quantitative estimate of drug-likeness (QED) is 0.765. The van der Waals surface area contributed by atoms with Crippen molar-refractivity contribution in [2.45, 2.75) is 25.8 Å². The van der Waals surface area contributed by atoms with E-state index in [0.717, 1.165) is 11.1 Å². The fourth-order valence-corrected chi connectivity index (χ4v) is 3.80. The summed E-state index contributed by atoms with van der Waals surface area (Å²) in [6.07, 6.45) is 0.559. The van der Waals surface area contributed by atoms with Crippen LogP contribution >= 0.6 is 0 Å². The van der Waals surface area contributed by atoms with E-state index in [1.165, 1.54) is 19.1 Å². The molecule has 0 spiro atoms. The van der Waals surface area contributed by atoms with E-state index in [2.05, 4.69) is 0 Å². The Bertz CT molecular complexity index is 965. The lowest BCUT2D eigenvalue weighted by molar-refractivity contribution is -0.170. The van der Waals surface area contributed by atoms with Gasteiger partial charge >= 0.3 is 5.97 Å². The summed E-state index contributed by atoms with van der Waals surface area (Å²) in [6, 6.07) is 13.4. The second kappa shape index (κ2) is 6.92. The Balaban J connectivity index is 1.54. The van der Waals surface area contributed by atoms with Gasteiger partial charge in [-0.15, -0.1) is 0 Å². The number of carbonyl (C=O) groups is 4. The summed E-state index contributed by atoms with van der Waals surface area (Å²) >= 11 is 0. The molecule has 0 aromatic heterocycles. The third-order valence-electron chi connectivity index (χ3n) is 5.13. The van der Waals surface area contributed by atoms with Crippen molar-refractivity contribution in [1.82, 2.24) is 9.96 Å². The van der Waals surface area contributed by atoms with Crippen LogP contribution in [0.3, 0.4) is 0 Å². The van der Waals surface area contributed by atoms with Crippen LogP contribution in [-0.4, -0.2) is 40.2 Å². The van der Waals surface area contributed by atoms with Crippen molar-refractivity contribution in [3.63, 3.8) is 0 Å². The summed E-state index contributed by atoms with van der Waals surface area (Å²) in [7, 11) is 0. The normalized spacial score (nSPS) is 18.0. The van der Waals surface area contributed by atoms with Crippen molar-refractivity contribution in [1.29, 1.82) is 0 Å². The molecule has 7 heteroatoms. The van der Waals surface area contributed by atoms with E-state index < -0.39 is 23.8 Å². The molecule has 142 valence electrons. The maximum Gasteiger partial charge on any atom is 0.335 e. The van der Waals surface area contributed by atoms with Crippen LogP contribution in [-0.2, 0) is 20.8 Å². The molecular formula is C21H18N2O5. The van der Waals surface area contributed by atoms with Crippen LogP contribution < -0.4 is 0 Å². The molecule has 2 aliphatic rings. The van der Waals surface area contributed by atoms with Crippen molar-refractivity contribution in [2.75, 3.05) is 6.54 Å². The second-order valence-electron chi connectivity index (χ2n) is 6.79. The molecule has 2 aromatic carbocycles. The van der Waals surface area contributed by atoms with Crippen LogP contribution in [0, 0.1) is 0 Å². The van der Waals surface area contributed by atoms with E-state index in [-0.39, 0.29) is 23.5 Å². The Kier molecular flexibility index (Phi) is 4.43. The number of carbonyl (C=O) groups excluding carboxylic acids is 4. The van der Waals surface area contributed by atoms with Gasteiger partial charge < -0.3 is 9.74 Å². The molecule has 1 unspecified atom stereocenters. The number of amides is 3. The van der Waals surface area contributed by atoms with Gasteiger partial charge in [0, 0.05) is 13.5 Å².